The monoisotopic (exact) mass is 364 g/mol. The molecule has 0 amide bonds. The standard InChI is InChI=1S/C26H33F/c1-2-3-5-19-8-9-25-17-24(15-14-23(25)16-19)21-12-10-20(11-13-21)22-6-4-7-26(27)18-22/h4,6-7,10-13,18-19,23-25H,2-3,5,8-9,14-17H2,1H3/t19?,23-,24-,25-/m1/s1. The second-order valence-electron chi connectivity index (χ2n) is 8.98. The van der Waals surface area contributed by atoms with E-state index in [0.717, 1.165) is 34.8 Å². The zero-order chi connectivity index (χ0) is 18.6. The van der Waals surface area contributed by atoms with Gasteiger partial charge in [-0.3, -0.25) is 0 Å². The first-order valence-corrected chi connectivity index (χ1v) is 11.1. The summed E-state index contributed by atoms with van der Waals surface area (Å²) < 4.78 is 13.5. The van der Waals surface area contributed by atoms with Gasteiger partial charge in [0.2, 0.25) is 0 Å². The van der Waals surface area contributed by atoms with Crippen molar-refractivity contribution in [3.05, 3.63) is 59.9 Å². The van der Waals surface area contributed by atoms with Crippen molar-refractivity contribution < 1.29 is 4.39 Å². The van der Waals surface area contributed by atoms with Crippen molar-refractivity contribution in [1.82, 2.24) is 0 Å². The van der Waals surface area contributed by atoms with Crippen LogP contribution in [0.5, 0.6) is 0 Å². The molecule has 0 heterocycles. The summed E-state index contributed by atoms with van der Waals surface area (Å²) in [5.74, 6) is 3.51. The van der Waals surface area contributed by atoms with Gasteiger partial charge >= 0.3 is 0 Å². The van der Waals surface area contributed by atoms with Gasteiger partial charge in [-0.25, -0.2) is 4.39 Å². The zero-order valence-corrected chi connectivity index (χ0v) is 16.7. The van der Waals surface area contributed by atoms with Crippen LogP contribution in [-0.4, -0.2) is 0 Å². The molecule has 0 spiro atoms. The van der Waals surface area contributed by atoms with Gasteiger partial charge in [0.15, 0.2) is 0 Å². The molecule has 2 aliphatic carbocycles. The van der Waals surface area contributed by atoms with E-state index in [1.165, 1.54) is 69.4 Å². The molecule has 2 aromatic rings. The predicted molar refractivity (Wildman–Crippen MR) is 112 cm³/mol. The van der Waals surface area contributed by atoms with Crippen molar-refractivity contribution in [1.29, 1.82) is 0 Å². The predicted octanol–water partition coefficient (Wildman–Crippen LogP) is 7.98. The maximum Gasteiger partial charge on any atom is 0.123 e. The van der Waals surface area contributed by atoms with E-state index in [0.29, 0.717) is 0 Å². The van der Waals surface area contributed by atoms with Gasteiger partial charge in [0.25, 0.3) is 0 Å². The van der Waals surface area contributed by atoms with E-state index in [2.05, 4.69) is 31.2 Å². The summed E-state index contributed by atoms with van der Waals surface area (Å²) in [5, 5.41) is 0. The Bertz CT molecular complexity index is 732. The Kier molecular flexibility index (Phi) is 5.95. The van der Waals surface area contributed by atoms with E-state index in [1.54, 1.807) is 12.1 Å². The molecule has 4 atom stereocenters. The van der Waals surface area contributed by atoms with Crippen LogP contribution in [-0.2, 0) is 0 Å². The molecule has 2 fully saturated rings. The van der Waals surface area contributed by atoms with Crippen LogP contribution >= 0.6 is 0 Å². The minimum absolute atomic E-state index is 0.163. The highest BCUT2D eigenvalue weighted by Gasteiger charge is 2.35. The Morgan fingerprint density at radius 2 is 1.63 bits per heavy atom. The smallest absolute Gasteiger partial charge is 0.123 e. The van der Waals surface area contributed by atoms with E-state index < -0.39 is 0 Å². The quantitative estimate of drug-likeness (QED) is 0.504. The highest BCUT2D eigenvalue weighted by atomic mass is 19.1. The molecule has 27 heavy (non-hydrogen) atoms. The molecule has 0 aromatic heterocycles. The Balaban J connectivity index is 1.38. The van der Waals surface area contributed by atoms with E-state index in [-0.39, 0.29) is 5.82 Å². The van der Waals surface area contributed by atoms with Crippen molar-refractivity contribution >= 4 is 0 Å². The van der Waals surface area contributed by atoms with Crippen LogP contribution in [0.15, 0.2) is 48.5 Å². The minimum Gasteiger partial charge on any atom is -0.207 e. The average molecular weight is 365 g/mol. The van der Waals surface area contributed by atoms with Gasteiger partial charge in [0.1, 0.15) is 5.82 Å². The van der Waals surface area contributed by atoms with Crippen LogP contribution in [0.1, 0.15) is 76.2 Å². The van der Waals surface area contributed by atoms with Crippen molar-refractivity contribution in [2.75, 3.05) is 0 Å². The molecule has 0 aliphatic heterocycles. The van der Waals surface area contributed by atoms with E-state index in [9.17, 15) is 4.39 Å². The van der Waals surface area contributed by atoms with Crippen LogP contribution in [0.3, 0.4) is 0 Å². The van der Waals surface area contributed by atoms with Gasteiger partial charge < -0.3 is 0 Å². The zero-order valence-electron chi connectivity index (χ0n) is 16.7. The van der Waals surface area contributed by atoms with Crippen LogP contribution < -0.4 is 0 Å². The molecule has 0 radical (unpaired) electrons. The third kappa shape index (κ3) is 4.45. The molecule has 0 bridgehead atoms. The third-order valence-electron chi connectivity index (χ3n) is 7.23. The fourth-order valence-corrected chi connectivity index (χ4v) is 5.66. The largest absolute Gasteiger partial charge is 0.207 e. The first kappa shape index (κ1) is 18.7. The molecule has 0 N–H and O–H groups in total. The number of hydrogen-bond acceptors (Lipinski definition) is 0. The second kappa shape index (κ2) is 8.59. The maximum atomic E-state index is 13.5. The minimum atomic E-state index is -0.163. The highest BCUT2D eigenvalue weighted by molar-refractivity contribution is 5.63. The van der Waals surface area contributed by atoms with Gasteiger partial charge in [0, 0.05) is 0 Å². The Hall–Kier alpha value is -1.63. The molecule has 2 aromatic carbocycles. The Morgan fingerprint density at radius 1 is 0.852 bits per heavy atom. The number of unbranched alkanes of at least 4 members (excludes halogenated alkanes) is 1. The van der Waals surface area contributed by atoms with E-state index >= 15 is 0 Å². The van der Waals surface area contributed by atoms with Gasteiger partial charge in [-0.2, -0.15) is 0 Å². The maximum absolute atomic E-state index is 13.5. The molecular weight excluding hydrogens is 331 g/mol. The topological polar surface area (TPSA) is 0 Å². The summed E-state index contributed by atoms with van der Waals surface area (Å²) in [7, 11) is 0. The molecule has 144 valence electrons. The van der Waals surface area contributed by atoms with Crippen molar-refractivity contribution in [2.45, 2.75) is 70.6 Å². The summed E-state index contributed by atoms with van der Waals surface area (Å²) in [5.41, 5.74) is 3.57. The lowest BCUT2D eigenvalue weighted by atomic mass is 9.63. The summed E-state index contributed by atoms with van der Waals surface area (Å²) in [4.78, 5) is 0. The van der Waals surface area contributed by atoms with Crippen LogP contribution in [0.4, 0.5) is 4.39 Å². The van der Waals surface area contributed by atoms with Gasteiger partial charge in [-0.1, -0.05) is 69.0 Å². The molecule has 1 heteroatoms. The molecule has 1 unspecified atom stereocenters. The van der Waals surface area contributed by atoms with Crippen LogP contribution in [0, 0.1) is 23.6 Å². The number of hydrogen-bond donors (Lipinski definition) is 0. The molecule has 0 saturated heterocycles. The summed E-state index contributed by atoms with van der Waals surface area (Å²) in [6, 6.07) is 15.8. The third-order valence-corrected chi connectivity index (χ3v) is 7.23. The number of fused-ring (bicyclic) bond motifs is 1. The number of benzene rings is 2. The van der Waals surface area contributed by atoms with Gasteiger partial charge in [0.05, 0.1) is 0 Å². The van der Waals surface area contributed by atoms with Crippen molar-refractivity contribution in [3.8, 4) is 11.1 Å². The van der Waals surface area contributed by atoms with Crippen molar-refractivity contribution in [2.24, 2.45) is 17.8 Å². The van der Waals surface area contributed by atoms with E-state index in [4.69, 9.17) is 0 Å². The average Bonchev–Trinajstić information content (AvgIpc) is 2.72. The lowest BCUT2D eigenvalue weighted by Gasteiger charge is -2.42. The van der Waals surface area contributed by atoms with Gasteiger partial charge in [-0.05, 0) is 84.6 Å². The molecule has 4 rings (SSSR count). The fourth-order valence-electron chi connectivity index (χ4n) is 5.66. The first-order chi connectivity index (χ1) is 13.2. The lowest BCUT2D eigenvalue weighted by molar-refractivity contribution is 0.113. The fraction of sp³-hybridized carbons (Fsp3) is 0.538. The van der Waals surface area contributed by atoms with Crippen LogP contribution in [0.25, 0.3) is 11.1 Å². The summed E-state index contributed by atoms with van der Waals surface area (Å²) >= 11 is 0. The molecular formula is C26H33F. The second-order valence-corrected chi connectivity index (χ2v) is 8.98. The molecule has 2 aliphatic rings. The number of halogens is 1. The molecule has 2 saturated carbocycles. The van der Waals surface area contributed by atoms with Crippen LogP contribution in [0.2, 0.25) is 0 Å². The van der Waals surface area contributed by atoms with Crippen molar-refractivity contribution in [3.63, 3.8) is 0 Å². The molecule has 0 nitrogen and oxygen atoms in total. The first-order valence-electron chi connectivity index (χ1n) is 11.1. The SMILES string of the molecule is CCCCC1CC[C@@H]2C[C@H](c3ccc(-c4cccc(F)c4)cc3)CC[C@@H]2C1. The summed E-state index contributed by atoms with van der Waals surface area (Å²) in [6.07, 6.45) is 12.8. The Labute approximate surface area is 164 Å². The normalized spacial score (nSPS) is 27.9. The van der Waals surface area contributed by atoms with Gasteiger partial charge in [-0.15, -0.1) is 0 Å². The lowest BCUT2D eigenvalue weighted by Crippen LogP contribution is -2.30. The van der Waals surface area contributed by atoms with E-state index in [1.807, 2.05) is 6.07 Å². The summed E-state index contributed by atoms with van der Waals surface area (Å²) in [6.45, 7) is 2.32. The number of rotatable bonds is 5. The Morgan fingerprint density at radius 3 is 2.41 bits per heavy atom. The highest BCUT2D eigenvalue weighted by Crippen LogP contribution is 2.48.